The summed E-state index contributed by atoms with van der Waals surface area (Å²) in [4.78, 5) is 19.1. The van der Waals surface area contributed by atoms with Crippen LogP contribution in [0.15, 0.2) is 47.0 Å². The molecule has 0 spiro atoms. The molecule has 1 unspecified atom stereocenters. The molecule has 0 aliphatic carbocycles. The number of aromatic nitrogens is 2. The van der Waals surface area contributed by atoms with Gasteiger partial charge in [0.15, 0.2) is 5.82 Å². The monoisotopic (exact) mass is 350 g/mol. The molecule has 4 rings (SSSR count). The third-order valence-corrected chi connectivity index (χ3v) is 4.84. The third-order valence-electron chi connectivity index (χ3n) is 4.84. The highest BCUT2D eigenvalue weighted by atomic mass is 16.5. The van der Waals surface area contributed by atoms with Gasteiger partial charge in [0.1, 0.15) is 0 Å². The number of hydrogen-bond donors (Lipinski definition) is 1. The van der Waals surface area contributed by atoms with Crippen molar-refractivity contribution in [1.82, 2.24) is 15.0 Å². The van der Waals surface area contributed by atoms with Gasteiger partial charge in [0.2, 0.25) is 11.8 Å². The zero-order valence-corrected chi connectivity index (χ0v) is 14.8. The lowest BCUT2D eigenvalue weighted by Crippen LogP contribution is -2.30. The predicted molar refractivity (Wildman–Crippen MR) is 100 cm³/mol. The van der Waals surface area contributed by atoms with E-state index in [9.17, 15) is 4.79 Å². The van der Waals surface area contributed by atoms with E-state index in [2.05, 4.69) is 27.4 Å². The molecule has 2 aromatic carbocycles. The maximum Gasteiger partial charge on any atom is 0.232 e. The van der Waals surface area contributed by atoms with Crippen LogP contribution in [0, 0.1) is 0 Å². The predicted octanol–water partition coefficient (Wildman–Crippen LogP) is 3.21. The van der Waals surface area contributed by atoms with Gasteiger partial charge in [0.25, 0.3) is 0 Å². The molecule has 1 aromatic heterocycles. The highest BCUT2D eigenvalue weighted by Crippen LogP contribution is 2.25. The zero-order valence-electron chi connectivity index (χ0n) is 14.8. The van der Waals surface area contributed by atoms with E-state index in [4.69, 9.17) is 4.52 Å². The first kappa shape index (κ1) is 16.7. The largest absolute Gasteiger partial charge is 0.339 e. The normalized spacial score (nSPS) is 18.1. The van der Waals surface area contributed by atoms with Crippen LogP contribution in [0.4, 0.5) is 5.69 Å². The summed E-state index contributed by atoms with van der Waals surface area (Å²) in [5.74, 6) is 1.20. The van der Waals surface area contributed by atoms with E-state index < -0.39 is 0 Å². The first-order chi connectivity index (χ1) is 12.7. The Kier molecular flexibility index (Phi) is 4.67. The molecule has 1 saturated heterocycles. The van der Waals surface area contributed by atoms with E-state index in [0.717, 1.165) is 42.4 Å². The van der Waals surface area contributed by atoms with Crippen molar-refractivity contribution in [2.45, 2.75) is 25.2 Å². The molecule has 1 aliphatic heterocycles. The van der Waals surface area contributed by atoms with E-state index >= 15 is 0 Å². The van der Waals surface area contributed by atoms with Crippen molar-refractivity contribution in [2.24, 2.45) is 0 Å². The number of nitrogens with zero attached hydrogens (tertiary/aromatic N) is 3. The SMILES string of the molecule is CN1CCCC(c2nc(CC(=O)Nc3cccc4ccccc34)no2)C1. The van der Waals surface area contributed by atoms with Gasteiger partial charge in [-0.2, -0.15) is 4.98 Å². The minimum atomic E-state index is -0.144. The van der Waals surface area contributed by atoms with E-state index in [1.807, 2.05) is 42.5 Å². The Morgan fingerprint density at radius 2 is 2.12 bits per heavy atom. The highest BCUT2D eigenvalue weighted by Gasteiger charge is 2.24. The van der Waals surface area contributed by atoms with Crippen LogP contribution in [-0.4, -0.2) is 41.1 Å². The van der Waals surface area contributed by atoms with Crippen LogP contribution in [0.3, 0.4) is 0 Å². The van der Waals surface area contributed by atoms with Crippen LogP contribution >= 0.6 is 0 Å². The second-order valence-electron chi connectivity index (χ2n) is 6.90. The Morgan fingerprint density at radius 1 is 1.27 bits per heavy atom. The maximum atomic E-state index is 12.4. The van der Waals surface area contributed by atoms with Crippen molar-refractivity contribution in [1.29, 1.82) is 0 Å². The van der Waals surface area contributed by atoms with Crippen molar-refractivity contribution in [3.05, 3.63) is 54.2 Å². The third kappa shape index (κ3) is 3.60. The van der Waals surface area contributed by atoms with E-state index in [1.54, 1.807) is 0 Å². The number of carbonyl (C=O) groups is 1. The first-order valence-electron chi connectivity index (χ1n) is 8.97. The summed E-state index contributed by atoms with van der Waals surface area (Å²) in [6.07, 6.45) is 2.28. The lowest BCUT2D eigenvalue weighted by molar-refractivity contribution is -0.115. The topological polar surface area (TPSA) is 71.3 Å². The lowest BCUT2D eigenvalue weighted by Gasteiger charge is -2.27. The molecule has 2 heterocycles. The fraction of sp³-hybridized carbons (Fsp3) is 0.350. The Balaban J connectivity index is 1.43. The number of anilines is 1. The number of carbonyl (C=O) groups excluding carboxylic acids is 1. The number of piperidine rings is 1. The minimum Gasteiger partial charge on any atom is -0.339 e. The Morgan fingerprint density at radius 3 is 3.00 bits per heavy atom. The molecule has 6 nitrogen and oxygen atoms in total. The van der Waals surface area contributed by atoms with Crippen LogP contribution in [-0.2, 0) is 11.2 Å². The number of nitrogens with one attached hydrogen (secondary N) is 1. The smallest absolute Gasteiger partial charge is 0.232 e. The molecule has 0 bridgehead atoms. The summed E-state index contributed by atoms with van der Waals surface area (Å²) < 4.78 is 5.41. The van der Waals surface area contributed by atoms with Gasteiger partial charge in [-0.3, -0.25) is 4.79 Å². The lowest BCUT2D eigenvalue weighted by atomic mass is 9.98. The molecule has 1 atom stereocenters. The van der Waals surface area contributed by atoms with Gasteiger partial charge in [-0.05, 0) is 37.9 Å². The number of likely N-dealkylation sites (tertiary alicyclic amines) is 1. The zero-order chi connectivity index (χ0) is 17.9. The van der Waals surface area contributed by atoms with Gasteiger partial charge in [-0.15, -0.1) is 0 Å². The molecule has 26 heavy (non-hydrogen) atoms. The number of hydrogen-bond acceptors (Lipinski definition) is 5. The molecule has 1 N–H and O–H groups in total. The van der Waals surface area contributed by atoms with Crippen molar-refractivity contribution in [3.63, 3.8) is 0 Å². The van der Waals surface area contributed by atoms with Crippen molar-refractivity contribution in [3.8, 4) is 0 Å². The van der Waals surface area contributed by atoms with Gasteiger partial charge < -0.3 is 14.7 Å². The summed E-state index contributed by atoms with van der Waals surface area (Å²) in [6.45, 7) is 2.02. The van der Waals surface area contributed by atoms with E-state index in [-0.39, 0.29) is 18.2 Å². The molecule has 0 radical (unpaired) electrons. The quantitative estimate of drug-likeness (QED) is 0.782. The number of benzene rings is 2. The van der Waals surface area contributed by atoms with Gasteiger partial charge in [0.05, 0.1) is 12.3 Å². The summed E-state index contributed by atoms with van der Waals surface area (Å²) in [6, 6.07) is 13.8. The van der Waals surface area contributed by atoms with Crippen molar-refractivity contribution < 1.29 is 9.32 Å². The molecule has 6 heteroatoms. The summed E-state index contributed by atoms with van der Waals surface area (Å²) in [7, 11) is 2.10. The maximum absolute atomic E-state index is 12.4. The fourth-order valence-electron chi connectivity index (χ4n) is 3.55. The van der Waals surface area contributed by atoms with Crippen LogP contribution < -0.4 is 5.32 Å². The molecule has 1 aliphatic rings. The van der Waals surface area contributed by atoms with Crippen LogP contribution in [0.1, 0.15) is 30.5 Å². The van der Waals surface area contributed by atoms with Gasteiger partial charge >= 0.3 is 0 Å². The Bertz CT molecular complexity index is 916. The molecular weight excluding hydrogens is 328 g/mol. The van der Waals surface area contributed by atoms with Crippen molar-refractivity contribution >= 4 is 22.4 Å². The Labute approximate surface area is 152 Å². The summed E-state index contributed by atoms with van der Waals surface area (Å²) in [5, 5.41) is 9.06. The number of fused-ring (bicyclic) bond motifs is 1. The molecule has 134 valence electrons. The van der Waals surface area contributed by atoms with Crippen molar-refractivity contribution in [2.75, 3.05) is 25.5 Å². The second kappa shape index (κ2) is 7.25. The number of rotatable bonds is 4. The van der Waals surface area contributed by atoms with Crippen LogP contribution in [0.5, 0.6) is 0 Å². The average Bonchev–Trinajstić information content (AvgIpc) is 3.10. The number of amides is 1. The first-order valence-corrected chi connectivity index (χ1v) is 8.97. The standard InChI is InChI=1S/C20H22N4O2/c1-24-11-5-8-15(13-24)20-22-18(23-26-20)12-19(25)21-17-10-4-7-14-6-2-3-9-16(14)17/h2-4,6-7,9-10,15H,5,8,11-13H2,1H3,(H,21,25). The van der Waals surface area contributed by atoms with Crippen LogP contribution in [0.25, 0.3) is 10.8 Å². The van der Waals surface area contributed by atoms with Crippen LogP contribution in [0.2, 0.25) is 0 Å². The average molecular weight is 350 g/mol. The summed E-state index contributed by atoms with van der Waals surface area (Å²) in [5.41, 5.74) is 0.797. The van der Waals surface area contributed by atoms with E-state index in [1.165, 1.54) is 0 Å². The molecule has 1 amide bonds. The van der Waals surface area contributed by atoms with Gasteiger partial charge in [-0.25, -0.2) is 0 Å². The molecule has 3 aromatic rings. The second-order valence-corrected chi connectivity index (χ2v) is 6.90. The summed E-state index contributed by atoms with van der Waals surface area (Å²) >= 11 is 0. The Hall–Kier alpha value is -2.73. The number of likely N-dealkylation sites (N-methyl/N-ethyl adjacent to an activating group) is 1. The minimum absolute atomic E-state index is 0.106. The highest BCUT2D eigenvalue weighted by molar-refractivity contribution is 6.02. The molecule has 0 saturated carbocycles. The molecule has 1 fully saturated rings. The van der Waals surface area contributed by atoms with E-state index in [0.29, 0.717) is 11.7 Å². The van der Waals surface area contributed by atoms with Gasteiger partial charge in [-0.1, -0.05) is 41.6 Å². The molecular formula is C20H22N4O2. The fourth-order valence-corrected chi connectivity index (χ4v) is 3.55. The van der Waals surface area contributed by atoms with Gasteiger partial charge in [0, 0.05) is 17.6 Å².